The van der Waals surface area contributed by atoms with Crippen molar-refractivity contribution in [3.05, 3.63) is 59.0 Å². The average Bonchev–Trinajstić information content (AvgIpc) is 2.66. The minimum atomic E-state index is -1.62. The zero-order valence-corrected chi connectivity index (χ0v) is 15.2. The van der Waals surface area contributed by atoms with Gasteiger partial charge in [-0.15, -0.1) is 0 Å². The first kappa shape index (κ1) is 19.8. The van der Waals surface area contributed by atoms with Gasteiger partial charge in [-0.1, -0.05) is 6.07 Å². The van der Waals surface area contributed by atoms with Crippen LogP contribution in [0, 0.1) is 17.5 Å². The number of rotatable bonds is 4. The molecule has 2 amide bonds. The van der Waals surface area contributed by atoms with Crippen molar-refractivity contribution in [2.24, 2.45) is 0 Å². The number of nitrogens with zero attached hydrogens (tertiary/aromatic N) is 3. The summed E-state index contributed by atoms with van der Waals surface area (Å²) in [5.74, 6) is -5.02. The fourth-order valence-corrected chi connectivity index (χ4v) is 2.96. The van der Waals surface area contributed by atoms with Gasteiger partial charge in [0, 0.05) is 45.2 Å². The van der Waals surface area contributed by atoms with Gasteiger partial charge >= 0.3 is 0 Å². The van der Waals surface area contributed by atoms with Gasteiger partial charge in [0.15, 0.2) is 17.5 Å². The van der Waals surface area contributed by atoms with Gasteiger partial charge in [-0.25, -0.2) is 18.2 Å². The van der Waals surface area contributed by atoms with Gasteiger partial charge in [0.1, 0.15) is 5.82 Å². The highest BCUT2D eigenvalue weighted by Gasteiger charge is 2.19. The van der Waals surface area contributed by atoms with Gasteiger partial charge in [-0.3, -0.25) is 14.5 Å². The van der Waals surface area contributed by atoms with Crippen LogP contribution in [0.1, 0.15) is 23.0 Å². The Morgan fingerprint density at radius 3 is 2.32 bits per heavy atom. The van der Waals surface area contributed by atoms with E-state index in [1.54, 1.807) is 30.0 Å². The molecule has 28 heavy (non-hydrogen) atoms. The van der Waals surface area contributed by atoms with Crippen molar-refractivity contribution in [1.82, 2.24) is 14.8 Å². The molecule has 9 heteroatoms. The maximum absolute atomic E-state index is 13.3. The number of amides is 2. The van der Waals surface area contributed by atoms with Crippen LogP contribution in [0.5, 0.6) is 0 Å². The van der Waals surface area contributed by atoms with Gasteiger partial charge < -0.3 is 10.2 Å². The summed E-state index contributed by atoms with van der Waals surface area (Å²) >= 11 is 0. The van der Waals surface area contributed by atoms with Crippen LogP contribution in [-0.4, -0.2) is 52.8 Å². The number of pyridine rings is 1. The number of aromatic nitrogens is 1. The number of piperazine rings is 1. The highest BCUT2D eigenvalue weighted by Crippen LogP contribution is 2.16. The van der Waals surface area contributed by atoms with E-state index in [1.165, 1.54) is 0 Å². The largest absolute Gasteiger partial charge is 0.340 e. The molecule has 1 saturated heterocycles. The SMILES string of the molecule is CC(=O)N1CCN(Cc2cccc(NC(=O)c3cc(F)c(F)c(F)c3)n2)CC1. The molecule has 0 aliphatic carbocycles. The Morgan fingerprint density at radius 1 is 1.07 bits per heavy atom. The molecule has 3 rings (SSSR count). The molecule has 0 atom stereocenters. The van der Waals surface area contributed by atoms with E-state index in [4.69, 9.17) is 0 Å². The molecule has 0 spiro atoms. The normalized spacial score (nSPS) is 14.8. The van der Waals surface area contributed by atoms with Crippen molar-refractivity contribution >= 4 is 17.6 Å². The summed E-state index contributed by atoms with van der Waals surface area (Å²) in [6, 6.07) is 6.31. The topological polar surface area (TPSA) is 65.5 Å². The number of carbonyl (C=O) groups is 2. The summed E-state index contributed by atoms with van der Waals surface area (Å²) in [5.41, 5.74) is 0.356. The summed E-state index contributed by atoms with van der Waals surface area (Å²) in [6.45, 7) is 4.80. The lowest BCUT2D eigenvalue weighted by atomic mass is 10.2. The van der Waals surface area contributed by atoms with Gasteiger partial charge in [0.2, 0.25) is 5.91 Å². The van der Waals surface area contributed by atoms with Crippen LogP contribution < -0.4 is 5.32 Å². The molecule has 0 radical (unpaired) electrons. The highest BCUT2D eigenvalue weighted by molar-refractivity contribution is 6.03. The van der Waals surface area contributed by atoms with Crippen molar-refractivity contribution in [3.63, 3.8) is 0 Å². The second-order valence-electron chi connectivity index (χ2n) is 6.50. The predicted octanol–water partition coefficient (Wildman–Crippen LogP) is 2.42. The minimum absolute atomic E-state index is 0.0520. The standard InChI is InChI=1S/C19H19F3N4O2/c1-12(27)26-7-5-25(6-8-26)11-14-3-2-4-17(23-14)24-19(28)13-9-15(20)18(22)16(21)10-13/h2-4,9-10H,5-8,11H2,1H3,(H,23,24,28). The summed E-state index contributed by atoms with van der Waals surface area (Å²) < 4.78 is 39.6. The van der Waals surface area contributed by atoms with Crippen LogP contribution >= 0.6 is 0 Å². The van der Waals surface area contributed by atoms with Crippen LogP contribution in [0.3, 0.4) is 0 Å². The molecule has 1 aromatic carbocycles. The van der Waals surface area contributed by atoms with Crippen molar-refractivity contribution < 1.29 is 22.8 Å². The number of hydrogen-bond donors (Lipinski definition) is 1. The van der Waals surface area contributed by atoms with E-state index in [1.807, 2.05) is 0 Å². The van der Waals surface area contributed by atoms with Crippen LogP contribution in [0.2, 0.25) is 0 Å². The second-order valence-corrected chi connectivity index (χ2v) is 6.50. The molecule has 1 N–H and O–H groups in total. The number of halogens is 3. The van der Waals surface area contributed by atoms with Crippen LogP contribution in [0.15, 0.2) is 30.3 Å². The summed E-state index contributed by atoms with van der Waals surface area (Å²) in [4.78, 5) is 31.8. The fraction of sp³-hybridized carbons (Fsp3) is 0.316. The average molecular weight is 392 g/mol. The molecule has 2 aromatic rings. The zero-order valence-electron chi connectivity index (χ0n) is 15.2. The minimum Gasteiger partial charge on any atom is -0.340 e. The Morgan fingerprint density at radius 2 is 1.71 bits per heavy atom. The smallest absolute Gasteiger partial charge is 0.257 e. The first-order valence-electron chi connectivity index (χ1n) is 8.73. The Kier molecular flexibility index (Phi) is 5.93. The zero-order chi connectivity index (χ0) is 20.3. The molecule has 6 nitrogen and oxygen atoms in total. The fourth-order valence-electron chi connectivity index (χ4n) is 2.96. The van der Waals surface area contributed by atoms with E-state index in [2.05, 4.69) is 15.2 Å². The molecule has 2 heterocycles. The maximum Gasteiger partial charge on any atom is 0.257 e. The molecule has 0 saturated carbocycles. The first-order chi connectivity index (χ1) is 13.3. The summed E-state index contributed by atoms with van der Waals surface area (Å²) in [5, 5.41) is 2.45. The maximum atomic E-state index is 13.3. The molecule has 1 aliphatic rings. The Hall–Kier alpha value is -2.94. The lowest BCUT2D eigenvalue weighted by Gasteiger charge is -2.33. The number of benzene rings is 1. The van der Waals surface area contributed by atoms with Crippen LogP contribution in [0.4, 0.5) is 19.0 Å². The van der Waals surface area contributed by atoms with Gasteiger partial charge in [-0.2, -0.15) is 0 Å². The van der Waals surface area contributed by atoms with Crippen molar-refractivity contribution in [3.8, 4) is 0 Å². The Balaban J connectivity index is 1.64. The summed E-state index contributed by atoms with van der Waals surface area (Å²) in [7, 11) is 0. The number of nitrogens with one attached hydrogen (secondary N) is 1. The molecule has 1 fully saturated rings. The summed E-state index contributed by atoms with van der Waals surface area (Å²) in [6.07, 6.45) is 0. The molecule has 1 aliphatic heterocycles. The molecule has 1 aromatic heterocycles. The molecular formula is C19H19F3N4O2. The van der Waals surface area contributed by atoms with Crippen molar-refractivity contribution in [1.29, 1.82) is 0 Å². The molecule has 148 valence electrons. The van der Waals surface area contributed by atoms with E-state index < -0.39 is 23.4 Å². The van der Waals surface area contributed by atoms with E-state index in [0.717, 1.165) is 0 Å². The third kappa shape index (κ3) is 4.66. The van der Waals surface area contributed by atoms with Gasteiger partial charge in [0.25, 0.3) is 5.91 Å². The molecule has 0 bridgehead atoms. The quantitative estimate of drug-likeness (QED) is 0.812. The van der Waals surface area contributed by atoms with Gasteiger partial charge in [-0.05, 0) is 24.3 Å². The first-order valence-corrected chi connectivity index (χ1v) is 8.73. The number of anilines is 1. The number of hydrogen-bond acceptors (Lipinski definition) is 4. The van der Waals surface area contributed by atoms with E-state index in [9.17, 15) is 22.8 Å². The van der Waals surface area contributed by atoms with E-state index >= 15 is 0 Å². The highest BCUT2D eigenvalue weighted by atomic mass is 19.2. The van der Waals surface area contributed by atoms with Gasteiger partial charge in [0.05, 0.1) is 5.69 Å². The lowest BCUT2D eigenvalue weighted by Crippen LogP contribution is -2.47. The lowest BCUT2D eigenvalue weighted by molar-refractivity contribution is -0.130. The van der Waals surface area contributed by atoms with Crippen molar-refractivity contribution in [2.75, 3.05) is 31.5 Å². The third-order valence-corrected chi connectivity index (χ3v) is 4.50. The van der Waals surface area contributed by atoms with Crippen LogP contribution in [0.25, 0.3) is 0 Å². The molecule has 0 unspecified atom stereocenters. The second kappa shape index (κ2) is 8.39. The monoisotopic (exact) mass is 392 g/mol. The predicted molar refractivity (Wildman–Crippen MR) is 96.0 cm³/mol. The Labute approximate surface area is 160 Å². The van der Waals surface area contributed by atoms with Crippen molar-refractivity contribution in [2.45, 2.75) is 13.5 Å². The van der Waals surface area contributed by atoms with E-state index in [-0.39, 0.29) is 17.3 Å². The molecular weight excluding hydrogens is 373 g/mol. The van der Waals surface area contributed by atoms with E-state index in [0.29, 0.717) is 50.6 Å². The third-order valence-electron chi connectivity index (χ3n) is 4.50. The number of carbonyl (C=O) groups excluding carboxylic acids is 2. The van der Waals surface area contributed by atoms with Crippen LogP contribution in [-0.2, 0) is 11.3 Å². The Bertz CT molecular complexity index is 875.